The molecule has 0 aliphatic carbocycles. The Morgan fingerprint density at radius 2 is 1.00 bits per heavy atom. The van der Waals surface area contributed by atoms with Crippen LogP contribution in [-0.4, -0.2) is 4.40 Å². The molecule has 11 aromatic rings. The third-order valence-corrected chi connectivity index (χ3v) is 10.3. The Morgan fingerprint density at radius 3 is 1.86 bits per heavy atom. The minimum Gasteiger partial charge on any atom is -0.456 e. The van der Waals surface area contributed by atoms with E-state index in [1.165, 1.54) is 54.4 Å². The lowest BCUT2D eigenvalue weighted by Crippen LogP contribution is -2.10. The number of fused-ring (bicyclic) bond motifs is 10. The first kappa shape index (κ1) is 26.5. The van der Waals surface area contributed by atoms with Crippen molar-refractivity contribution < 1.29 is 4.42 Å². The van der Waals surface area contributed by atoms with Crippen molar-refractivity contribution in [2.75, 3.05) is 4.90 Å². The van der Waals surface area contributed by atoms with Crippen molar-refractivity contribution >= 4 is 87.9 Å². The lowest BCUT2D eigenvalue weighted by atomic mass is 10.0. The number of para-hydroxylation sites is 3. The molecule has 8 aromatic carbocycles. The van der Waals surface area contributed by atoms with Gasteiger partial charge in [-0.3, -0.25) is 0 Å². The summed E-state index contributed by atoms with van der Waals surface area (Å²) in [6.45, 7) is 0. The summed E-state index contributed by atoms with van der Waals surface area (Å²) >= 11 is 0. The van der Waals surface area contributed by atoms with Crippen LogP contribution in [-0.2, 0) is 0 Å². The molecule has 228 valence electrons. The fraction of sp³-hybridized carbons (Fsp3) is 0. The van der Waals surface area contributed by atoms with E-state index in [2.05, 4.69) is 179 Å². The fourth-order valence-corrected chi connectivity index (χ4v) is 8.10. The number of anilines is 3. The van der Waals surface area contributed by atoms with E-state index in [0.717, 1.165) is 44.6 Å². The standard InChI is InChI=1S/C46H28N2O/c1-2-12-32(13-3-1)47(41-19-8-11-29-10-4-5-14-34(29)41)33-22-25-38-37-24-21-31(27-44(37)49-45(38)28-33)30-20-23-36-40-17-9-16-39-35-15-6-7-18-42(35)48(46(39)40)43(36)26-30/h1-28H. The molecule has 0 amide bonds. The number of hydrogen-bond acceptors (Lipinski definition) is 2. The van der Waals surface area contributed by atoms with E-state index in [-0.39, 0.29) is 0 Å². The molecule has 0 aliphatic heterocycles. The van der Waals surface area contributed by atoms with Crippen LogP contribution < -0.4 is 4.90 Å². The number of furan rings is 1. The lowest BCUT2D eigenvalue weighted by molar-refractivity contribution is 0.669. The van der Waals surface area contributed by atoms with E-state index in [4.69, 9.17) is 4.42 Å². The van der Waals surface area contributed by atoms with Crippen LogP contribution >= 0.6 is 0 Å². The Balaban J connectivity index is 1.06. The average Bonchev–Trinajstić information content (AvgIpc) is 3.82. The summed E-state index contributed by atoms with van der Waals surface area (Å²) in [6, 6.07) is 61.1. The molecule has 0 bridgehead atoms. The van der Waals surface area contributed by atoms with Gasteiger partial charge in [0.05, 0.1) is 22.2 Å². The van der Waals surface area contributed by atoms with Gasteiger partial charge in [-0.25, -0.2) is 0 Å². The minimum atomic E-state index is 0.872. The summed E-state index contributed by atoms with van der Waals surface area (Å²) in [4.78, 5) is 2.32. The number of aromatic nitrogens is 1. The van der Waals surface area contributed by atoms with Crippen molar-refractivity contribution in [3.63, 3.8) is 0 Å². The van der Waals surface area contributed by atoms with Crippen molar-refractivity contribution in [1.82, 2.24) is 4.40 Å². The summed E-state index contributed by atoms with van der Waals surface area (Å²) in [5.74, 6) is 0. The van der Waals surface area contributed by atoms with Gasteiger partial charge < -0.3 is 13.7 Å². The molecular formula is C46H28N2O. The Morgan fingerprint density at radius 1 is 0.388 bits per heavy atom. The largest absolute Gasteiger partial charge is 0.456 e. The van der Waals surface area contributed by atoms with Crippen LogP contribution in [0.1, 0.15) is 0 Å². The van der Waals surface area contributed by atoms with E-state index in [1.807, 2.05) is 0 Å². The maximum absolute atomic E-state index is 6.67. The third kappa shape index (κ3) is 3.78. The molecule has 3 heterocycles. The molecule has 0 aliphatic rings. The van der Waals surface area contributed by atoms with Crippen molar-refractivity contribution in [2.45, 2.75) is 0 Å². The minimum absolute atomic E-state index is 0.872. The molecule has 0 fully saturated rings. The first-order valence-electron chi connectivity index (χ1n) is 16.8. The highest BCUT2D eigenvalue weighted by Gasteiger charge is 2.19. The zero-order chi connectivity index (χ0) is 32.1. The van der Waals surface area contributed by atoms with E-state index >= 15 is 0 Å². The molecule has 49 heavy (non-hydrogen) atoms. The molecule has 0 atom stereocenters. The first-order chi connectivity index (χ1) is 24.3. The highest BCUT2D eigenvalue weighted by molar-refractivity contribution is 6.23. The number of nitrogens with zero attached hydrogens (tertiary/aromatic N) is 2. The zero-order valence-corrected chi connectivity index (χ0v) is 26.5. The molecule has 3 aromatic heterocycles. The normalized spacial score (nSPS) is 12.1. The third-order valence-electron chi connectivity index (χ3n) is 10.3. The monoisotopic (exact) mass is 624 g/mol. The van der Waals surface area contributed by atoms with Crippen LogP contribution in [0.25, 0.3) is 81.9 Å². The van der Waals surface area contributed by atoms with E-state index in [0.29, 0.717) is 0 Å². The van der Waals surface area contributed by atoms with Gasteiger partial charge in [-0.2, -0.15) is 0 Å². The Labute approximate surface area is 281 Å². The lowest BCUT2D eigenvalue weighted by Gasteiger charge is -2.26. The number of benzene rings is 8. The number of rotatable bonds is 4. The smallest absolute Gasteiger partial charge is 0.137 e. The van der Waals surface area contributed by atoms with E-state index < -0.39 is 0 Å². The molecule has 0 saturated carbocycles. The predicted molar refractivity (Wildman–Crippen MR) is 206 cm³/mol. The van der Waals surface area contributed by atoms with Crippen LogP contribution in [0.4, 0.5) is 17.1 Å². The van der Waals surface area contributed by atoms with Gasteiger partial charge in [-0.05, 0) is 71.1 Å². The van der Waals surface area contributed by atoms with Crippen LogP contribution in [0.5, 0.6) is 0 Å². The maximum Gasteiger partial charge on any atom is 0.137 e. The summed E-state index contributed by atoms with van der Waals surface area (Å²) in [5, 5.41) is 9.83. The van der Waals surface area contributed by atoms with E-state index in [1.54, 1.807) is 0 Å². The van der Waals surface area contributed by atoms with Crippen LogP contribution in [0.2, 0.25) is 0 Å². The van der Waals surface area contributed by atoms with Gasteiger partial charge in [0, 0.05) is 55.1 Å². The first-order valence-corrected chi connectivity index (χ1v) is 16.8. The molecule has 0 radical (unpaired) electrons. The van der Waals surface area contributed by atoms with Gasteiger partial charge in [0.1, 0.15) is 11.2 Å². The summed E-state index contributed by atoms with van der Waals surface area (Å²) in [7, 11) is 0. The second-order valence-corrected chi connectivity index (χ2v) is 12.9. The maximum atomic E-state index is 6.67. The van der Waals surface area contributed by atoms with Crippen molar-refractivity contribution in [1.29, 1.82) is 0 Å². The zero-order valence-electron chi connectivity index (χ0n) is 26.5. The van der Waals surface area contributed by atoms with E-state index in [9.17, 15) is 0 Å². The quantitative estimate of drug-likeness (QED) is 0.194. The summed E-state index contributed by atoms with van der Waals surface area (Å²) < 4.78 is 9.11. The average molecular weight is 625 g/mol. The number of hydrogen-bond donors (Lipinski definition) is 0. The van der Waals surface area contributed by atoms with Gasteiger partial charge in [-0.1, -0.05) is 109 Å². The molecule has 3 heteroatoms. The van der Waals surface area contributed by atoms with Gasteiger partial charge in [0.2, 0.25) is 0 Å². The van der Waals surface area contributed by atoms with Crippen LogP contribution in [0.15, 0.2) is 174 Å². The predicted octanol–water partition coefficient (Wildman–Crippen LogP) is 13.0. The fourth-order valence-electron chi connectivity index (χ4n) is 8.10. The SMILES string of the molecule is c1ccc(N(c2ccc3c(c2)oc2cc(-c4ccc5c6cccc7c8ccccc8n(c5c4)c76)ccc23)c2cccc3ccccc23)cc1. The second kappa shape index (κ2) is 9.96. The highest BCUT2D eigenvalue weighted by atomic mass is 16.3. The molecule has 3 nitrogen and oxygen atoms in total. The van der Waals surface area contributed by atoms with Gasteiger partial charge in [0.25, 0.3) is 0 Å². The second-order valence-electron chi connectivity index (χ2n) is 12.9. The molecular weight excluding hydrogens is 597 g/mol. The Hall–Kier alpha value is -6.58. The van der Waals surface area contributed by atoms with Crippen molar-refractivity contribution in [3.8, 4) is 11.1 Å². The summed E-state index contributed by atoms with van der Waals surface area (Å²) in [6.07, 6.45) is 0. The molecule has 0 unspecified atom stereocenters. The van der Waals surface area contributed by atoms with Gasteiger partial charge in [0.15, 0.2) is 0 Å². The highest BCUT2D eigenvalue weighted by Crippen LogP contribution is 2.43. The van der Waals surface area contributed by atoms with Gasteiger partial charge >= 0.3 is 0 Å². The molecule has 0 spiro atoms. The van der Waals surface area contributed by atoms with Crippen LogP contribution in [0.3, 0.4) is 0 Å². The molecule has 0 N–H and O–H groups in total. The van der Waals surface area contributed by atoms with Crippen molar-refractivity contribution in [2.24, 2.45) is 0 Å². The van der Waals surface area contributed by atoms with Gasteiger partial charge in [-0.15, -0.1) is 0 Å². The van der Waals surface area contributed by atoms with Crippen molar-refractivity contribution in [3.05, 3.63) is 170 Å². The Bertz CT molecular complexity index is 3050. The Kier molecular flexibility index (Phi) is 5.38. The van der Waals surface area contributed by atoms with Crippen LogP contribution in [0, 0.1) is 0 Å². The molecule has 11 rings (SSSR count). The molecule has 0 saturated heterocycles. The summed E-state index contributed by atoms with van der Waals surface area (Å²) in [5.41, 5.74) is 11.1. The topological polar surface area (TPSA) is 20.8 Å².